The van der Waals surface area contributed by atoms with E-state index in [1.54, 1.807) is 0 Å². The summed E-state index contributed by atoms with van der Waals surface area (Å²) in [6.45, 7) is 0. The van der Waals surface area contributed by atoms with Crippen molar-refractivity contribution >= 4 is 33.0 Å². The second kappa shape index (κ2) is 4.96. The summed E-state index contributed by atoms with van der Waals surface area (Å²) in [6, 6.07) is 14.6. The molecule has 0 saturated carbocycles. The fraction of sp³-hybridized carbons (Fsp3) is 0.0588. The molecule has 4 rings (SSSR count). The number of rotatable bonds is 3. The Morgan fingerprint density at radius 3 is 2.82 bits per heavy atom. The molecular weight excluding hydrogens is 296 g/mol. The van der Waals surface area contributed by atoms with E-state index in [2.05, 4.69) is 40.7 Å². The second-order valence-electron chi connectivity index (χ2n) is 5.14. The lowest BCUT2D eigenvalue weighted by Crippen LogP contribution is -1.99. The molecule has 0 fully saturated rings. The first-order valence-electron chi connectivity index (χ1n) is 6.87. The van der Waals surface area contributed by atoms with Gasteiger partial charge in [0, 0.05) is 17.1 Å². The van der Waals surface area contributed by atoms with Gasteiger partial charge in [0.1, 0.15) is 0 Å². The molecule has 0 radical (unpaired) electrons. The third-order valence-electron chi connectivity index (χ3n) is 3.64. The van der Waals surface area contributed by atoms with Gasteiger partial charge in [-0.05, 0) is 16.8 Å². The Labute approximate surface area is 130 Å². The van der Waals surface area contributed by atoms with Crippen LogP contribution >= 0.6 is 11.3 Å². The molecule has 0 amide bonds. The normalized spacial score (nSPS) is 11.3. The van der Waals surface area contributed by atoms with Gasteiger partial charge in [0.15, 0.2) is 4.96 Å². The summed E-state index contributed by atoms with van der Waals surface area (Å²) >= 11 is 1.52. The van der Waals surface area contributed by atoms with Crippen LogP contribution in [0.4, 0.5) is 0 Å². The summed E-state index contributed by atoms with van der Waals surface area (Å²) in [5.74, 6) is -0.863. The predicted molar refractivity (Wildman–Crippen MR) is 87.4 cm³/mol. The lowest BCUT2D eigenvalue weighted by Gasteiger charge is -2.03. The quantitative estimate of drug-likeness (QED) is 0.625. The van der Waals surface area contributed by atoms with Crippen molar-refractivity contribution in [1.29, 1.82) is 0 Å². The predicted octanol–water partition coefficient (Wildman–Crippen LogP) is 3.84. The van der Waals surface area contributed by atoms with Crippen molar-refractivity contribution in [2.24, 2.45) is 0 Å². The number of nitrogens with zero attached hydrogens (tertiary/aromatic N) is 2. The first kappa shape index (κ1) is 13.0. The second-order valence-corrected chi connectivity index (χ2v) is 5.97. The molecule has 0 bridgehead atoms. The van der Waals surface area contributed by atoms with Crippen molar-refractivity contribution in [1.82, 2.24) is 9.38 Å². The third kappa shape index (κ3) is 2.16. The highest BCUT2D eigenvalue weighted by atomic mass is 32.1. The smallest absolute Gasteiger partial charge is 0.309 e. The van der Waals surface area contributed by atoms with Crippen LogP contribution in [0.2, 0.25) is 0 Å². The van der Waals surface area contributed by atoms with Crippen molar-refractivity contribution in [3.8, 4) is 11.3 Å². The van der Waals surface area contributed by atoms with Crippen LogP contribution in [0.3, 0.4) is 0 Å². The van der Waals surface area contributed by atoms with Gasteiger partial charge in [-0.25, -0.2) is 4.98 Å². The van der Waals surface area contributed by atoms with Crippen LogP contribution in [0.25, 0.3) is 27.0 Å². The SMILES string of the molecule is O=C(O)Cc1cn2c(-c3ccc4ccccc4c3)csc2n1. The van der Waals surface area contributed by atoms with E-state index in [-0.39, 0.29) is 6.42 Å². The van der Waals surface area contributed by atoms with Crippen LogP contribution in [0.5, 0.6) is 0 Å². The Kier molecular flexibility index (Phi) is 2.94. The molecule has 0 aliphatic rings. The molecule has 0 spiro atoms. The van der Waals surface area contributed by atoms with E-state index < -0.39 is 5.97 Å². The minimum atomic E-state index is -0.863. The maximum Gasteiger partial charge on any atom is 0.309 e. The number of imidazole rings is 1. The summed E-state index contributed by atoms with van der Waals surface area (Å²) in [5, 5.41) is 13.3. The Bertz CT molecular complexity index is 1000. The van der Waals surface area contributed by atoms with Gasteiger partial charge in [-0.3, -0.25) is 9.20 Å². The molecule has 2 heterocycles. The standard InChI is InChI=1S/C17H12N2O2S/c20-16(21)8-14-9-19-15(10-22-17(19)18-14)13-6-5-11-3-1-2-4-12(11)7-13/h1-7,9-10H,8H2,(H,20,21). The van der Waals surface area contributed by atoms with E-state index in [1.165, 1.54) is 22.1 Å². The largest absolute Gasteiger partial charge is 0.481 e. The van der Waals surface area contributed by atoms with Gasteiger partial charge in [0.05, 0.1) is 17.8 Å². The van der Waals surface area contributed by atoms with Gasteiger partial charge < -0.3 is 5.11 Å². The number of hydrogen-bond donors (Lipinski definition) is 1. The average Bonchev–Trinajstić information content (AvgIpc) is 3.06. The van der Waals surface area contributed by atoms with Crippen molar-refractivity contribution in [2.45, 2.75) is 6.42 Å². The molecule has 1 N–H and O–H groups in total. The average molecular weight is 308 g/mol. The fourth-order valence-corrected chi connectivity index (χ4v) is 3.53. The first-order chi connectivity index (χ1) is 10.7. The van der Waals surface area contributed by atoms with Crippen LogP contribution in [-0.2, 0) is 11.2 Å². The third-order valence-corrected chi connectivity index (χ3v) is 4.48. The molecule has 108 valence electrons. The van der Waals surface area contributed by atoms with Crippen molar-refractivity contribution in [3.05, 3.63) is 59.7 Å². The topological polar surface area (TPSA) is 54.6 Å². The van der Waals surface area contributed by atoms with Crippen molar-refractivity contribution in [3.63, 3.8) is 0 Å². The van der Waals surface area contributed by atoms with Gasteiger partial charge >= 0.3 is 5.97 Å². The molecule has 0 unspecified atom stereocenters. The number of carboxylic acids is 1. The van der Waals surface area contributed by atoms with Crippen LogP contribution in [0.1, 0.15) is 5.69 Å². The van der Waals surface area contributed by atoms with Gasteiger partial charge in [0.2, 0.25) is 0 Å². The highest BCUT2D eigenvalue weighted by molar-refractivity contribution is 7.15. The van der Waals surface area contributed by atoms with Gasteiger partial charge in [0.25, 0.3) is 0 Å². The van der Waals surface area contributed by atoms with E-state index in [4.69, 9.17) is 5.11 Å². The van der Waals surface area contributed by atoms with Crippen LogP contribution < -0.4 is 0 Å². The number of aromatic nitrogens is 2. The number of carbonyl (C=O) groups is 1. The summed E-state index contributed by atoms with van der Waals surface area (Å²) in [5.41, 5.74) is 2.72. The van der Waals surface area contributed by atoms with E-state index in [1.807, 2.05) is 22.7 Å². The summed E-state index contributed by atoms with van der Waals surface area (Å²) in [6.07, 6.45) is 1.76. The van der Waals surface area contributed by atoms with E-state index in [0.29, 0.717) is 5.69 Å². The zero-order valence-corrected chi connectivity index (χ0v) is 12.4. The molecule has 0 saturated heterocycles. The number of carboxylic acid groups (broad SMARTS) is 1. The molecule has 4 aromatic rings. The number of thiazole rings is 1. The molecule has 0 aliphatic heterocycles. The number of hydrogen-bond acceptors (Lipinski definition) is 3. The number of benzene rings is 2. The molecule has 2 aromatic carbocycles. The molecule has 5 heteroatoms. The number of fused-ring (bicyclic) bond motifs is 2. The van der Waals surface area contributed by atoms with Gasteiger partial charge in [-0.15, -0.1) is 11.3 Å². The van der Waals surface area contributed by atoms with E-state index in [9.17, 15) is 4.79 Å². The zero-order valence-electron chi connectivity index (χ0n) is 11.6. The Morgan fingerprint density at radius 1 is 1.18 bits per heavy atom. The number of aliphatic carboxylic acids is 1. The summed E-state index contributed by atoms with van der Waals surface area (Å²) < 4.78 is 1.97. The Morgan fingerprint density at radius 2 is 2.00 bits per heavy atom. The lowest BCUT2D eigenvalue weighted by molar-refractivity contribution is -0.136. The van der Waals surface area contributed by atoms with Crippen LogP contribution in [0, 0.1) is 0 Å². The van der Waals surface area contributed by atoms with Gasteiger partial charge in [-0.1, -0.05) is 36.4 Å². The monoisotopic (exact) mass is 308 g/mol. The Hall–Kier alpha value is -2.66. The molecule has 2 aromatic heterocycles. The summed E-state index contributed by atoms with van der Waals surface area (Å²) in [7, 11) is 0. The van der Waals surface area contributed by atoms with Crippen molar-refractivity contribution < 1.29 is 9.90 Å². The minimum absolute atomic E-state index is 0.0500. The fourth-order valence-electron chi connectivity index (χ4n) is 2.63. The molecule has 22 heavy (non-hydrogen) atoms. The highest BCUT2D eigenvalue weighted by Crippen LogP contribution is 2.29. The van der Waals surface area contributed by atoms with Crippen LogP contribution in [-0.4, -0.2) is 20.5 Å². The lowest BCUT2D eigenvalue weighted by atomic mass is 10.1. The van der Waals surface area contributed by atoms with Crippen molar-refractivity contribution in [2.75, 3.05) is 0 Å². The van der Waals surface area contributed by atoms with E-state index >= 15 is 0 Å². The molecule has 4 nitrogen and oxygen atoms in total. The Balaban J connectivity index is 1.84. The zero-order chi connectivity index (χ0) is 15.1. The van der Waals surface area contributed by atoms with Crippen LogP contribution in [0.15, 0.2) is 54.0 Å². The maximum absolute atomic E-state index is 10.8. The summed E-state index contributed by atoms with van der Waals surface area (Å²) in [4.78, 5) is 16.0. The first-order valence-corrected chi connectivity index (χ1v) is 7.75. The molecule has 0 atom stereocenters. The maximum atomic E-state index is 10.8. The van der Waals surface area contributed by atoms with Gasteiger partial charge in [-0.2, -0.15) is 0 Å². The minimum Gasteiger partial charge on any atom is -0.481 e. The molecule has 0 aliphatic carbocycles. The van der Waals surface area contributed by atoms with E-state index in [0.717, 1.165) is 16.2 Å². The molecular formula is C17H12N2O2S. The highest BCUT2D eigenvalue weighted by Gasteiger charge is 2.12.